The molecule has 2 aromatic carbocycles. The number of hydrogen-bond acceptors (Lipinski definition) is 6. The molecule has 0 fully saturated rings. The molecule has 0 radical (unpaired) electrons. The molecule has 0 spiro atoms. The zero-order valence-corrected chi connectivity index (χ0v) is 14.0. The van der Waals surface area contributed by atoms with Gasteiger partial charge >= 0.3 is 5.97 Å². The van der Waals surface area contributed by atoms with Gasteiger partial charge in [0.2, 0.25) is 0 Å². The highest BCUT2D eigenvalue weighted by atomic mass is 16.6. The van der Waals surface area contributed by atoms with Gasteiger partial charge in [0.15, 0.2) is 17.6 Å². The van der Waals surface area contributed by atoms with Crippen molar-refractivity contribution in [3.05, 3.63) is 53.6 Å². The summed E-state index contributed by atoms with van der Waals surface area (Å²) in [6.45, 7) is 2.34. The number of amides is 1. The third kappa shape index (κ3) is 3.92. The van der Waals surface area contributed by atoms with Crippen LogP contribution in [0.3, 0.4) is 0 Å². The van der Waals surface area contributed by atoms with Crippen molar-refractivity contribution < 1.29 is 23.8 Å². The van der Waals surface area contributed by atoms with Crippen molar-refractivity contribution in [2.45, 2.75) is 13.0 Å². The van der Waals surface area contributed by atoms with Gasteiger partial charge in [-0.25, -0.2) is 4.79 Å². The Morgan fingerprint density at radius 3 is 2.69 bits per heavy atom. The number of esters is 1. The van der Waals surface area contributed by atoms with Crippen LogP contribution in [-0.4, -0.2) is 31.2 Å². The maximum Gasteiger partial charge on any atom is 0.339 e. The monoisotopic (exact) mass is 352 g/mol. The highest BCUT2D eigenvalue weighted by Crippen LogP contribution is 2.31. The standard InChI is InChI=1S/C19H16N2O5/c1-12(18(22)21-15-4-2-3-13(9-15)11-20)26-19(23)14-5-6-16-17(10-14)25-8-7-24-16/h2-6,9-10,12H,7-8H2,1H3,(H,21,22). The zero-order valence-electron chi connectivity index (χ0n) is 14.0. The topological polar surface area (TPSA) is 97.7 Å². The molecule has 0 aliphatic carbocycles. The van der Waals surface area contributed by atoms with Crippen LogP contribution in [0.4, 0.5) is 5.69 Å². The number of fused-ring (bicyclic) bond motifs is 1. The highest BCUT2D eigenvalue weighted by molar-refractivity contribution is 5.97. The molecule has 7 nitrogen and oxygen atoms in total. The van der Waals surface area contributed by atoms with Crippen molar-refractivity contribution in [3.8, 4) is 17.6 Å². The van der Waals surface area contributed by atoms with Crippen LogP contribution in [0.25, 0.3) is 0 Å². The molecule has 26 heavy (non-hydrogen) atoms. The van der Waals surface area contributed by atoms with Crippen LogP contribution in [-0.2, 0) is 9.53 Å². The summed E-state index contributed by atoms with van der Waals surface area (Å²) in [5, 5.41) is 11.5. The van der Waals surface area contributed by atoms with Gasteiger partial charge in [-0.2, -0.15) is 5.26 Å². The lowest BCUT2D eigenvalue weighted by Crippen LogP contribution is -2.30. The van der Waals surface area contributed by atoms with Crippen LogP contribution in [0.15, 0.2) is 42.5 Å². The first-order valence-electron chi connectivity index (χ1n) is 7.98. The Balaban J connectivity index is 1.63. The Bertz CT molecular complexity index is 888. The summed E-state index contributed by atoms with van der Waals surface area (Å²) in [5.41, 5.74) is 1.14. The normalized spacial score (nSPS) is 13.2. The minimum absolute atomic E-state index is 0.264. The Morgan fingerprint density at radius 1 is 1.15 bits per heavy atom. The molecule has 1 atom stereocenters. The molecule has 0 aromatic heterocycles. The highest BCUT2D eigenvalue weighted by Gasteiger charge is 2.21. The number of nitriles is 1. The van der Waals surface area contributed by atoms with E-state index in [9.17, 15) is 9.59 Å². The van der Waals surface area contributed by atoms with E-state index in [4.69, 9.17) is 19.5 Å². The van der Waals surface area contributed by atoms with Crippen molar-refractivity contribution in [1.82, 2.24) is 0 Å². The Labute approximate surface area is 150 Å². The second kappa shape index (κ2) is 7.57. The molecule has 1 aliphatic rings. The molecule has 0 saturated heterocycles. The number of ether oxygens (including phenoxy) is 3. The van der Waals surface area contributed by atoms with Gasteiger partial charge in [-0.3, -0.25) is 4.79 Å². The van der Waals surface area contributed by atoms with Crippen molar-refractivity contribution in [1.29, 1.82) is 5.26 Å². The summed E-state index contributed by atoms with van der Waals surface area (Å²) >= 11 is 0. The number of carbonyl (C=O) groups is 2. The van der Waals surface area contributed by atoms with E-state index in [1.165, 1.54) is 19.1 Å². The van der Waals surface area contributed by atoms with E-state index in [0.717, 1.165) is 0 Å². The molecule has 1 aliphatic heterocycles. The summed E-state index contributed by atoms with van der Waals surface area (Å²) in [7, 11) is 0. The summed E-state index contributed by atoms with van der Waals surface area (Å²) in [4.78, 5) is 24.5. The van der Waals surface area contributed by atoms with Crippen LogP contribution in [0.2, 0.25) is 0 Å². The largest absolute Gasteiger partial charge is 0.486 e. The van der Waals surface area contributed by atoms with Gasteiger partial charge in [0.25, 0.3) is 5.91 Å². The number of anilines is 1. The second-order valence-electron chi connectivity index (χ2n) is 5.59. The van der Waals surface area contributed by atoms with Gasteiger partial charge in [-0.05, 0) is 43.3 Å². The van der Waals surface area contributed by atoms with Gasteiger partial charge in [0.05, 0.1) is 17.2 Å². The molecule has 1 unspecified atom stereocenters. The first kappa shape index (κ1) is 17.3. The van der Waals surface area contributed by atoms with E-state index in [2.05, 4.69) is 5.32 Å². The third-order valence-electron chi connectivity index (χ3n) is 3.69. The number of hydrogen-bond donors (Lipinski definition) is 1. The summed E-state index contributed by atoms with van der Waals surface area (Å²) < 4.78 is 16.0. The Morgan fingerprint density at radius 2 is 1.92 bits per heavy atom. The maximum absolute atomic E-state index is 12.3. The Kier molecular flexibility index (Phi) is 5.04. The molecule has 132 valence electrons. The minimum atomic E-state index is -1.01. The molecular weight excluding hydrogens is 336 g/mol. The molecule has 2 aromatic rings. The molecule has 1 heterocycles. The molecule has 7 heteroatoms. The fourth-order valence-corrected chi connectivity index (χ4v) is 2.36. The average Bonchev–Trinajstić information content (AvgIpc) is 2.67. The zero-order chi connectivity index (χ0) is 18.5. The van der Waals surface area contributed by atoms with E-state index in [0.29, 0.717) is 36.0 Å². The quantitative estimate of drug-likeness (QED) is 0.849. The summed E-state index contributed by atoms with van der Waals surface area (Å²) in [6.07, 6.45) is -1.01. The maximum atomic E-state index is 12.3. The van der Waals surface area contributed by atoms with Crippen LogP contribution in [0, 0.1) is 11.3 Å². The number of rotatable bonds is 4. The van der Waals surface area contributed by atoms with E-state index < -0.39 is 18.0 Å². The van der Waals surface area contributed by atoms with Gasteiger partial charge in [-0.1, -0.05) is 6.07 Å². The SMILES string of the molecule is CC(OC(=O)c1ccc2c(c1)OCCO2)C(=O)Nc1cccc(C#N)c1. The van der Waals surface area contributed by atoms with Gasteiger partial charge < -0.3 is 19.5 Å². The van der Waals surface area contributed by atoms with E-state index in [1.807, 2.05) is 6.07 Å². The Hall–Kier alpha value is -3.53. The van der Waals surface area contributed by atoms with Gasteiger partial charge in [0.1, 0.15) is 13.2 Å². The first-order valence-corrected chi connectivity index (χ1v) is 7.98. The van der Waals surface area contributed by atoms with Crippen LogP contribution in [0.1, 0.15) is 22.8 Å². The van der Waals surface area contributed by atoms with Gasteiger partial charge in [0, 0.05) is 5.69 Å². The van der Waals surface area contributed by atoms with Crippen LogP contribution >= 0.6 is 0 Å². The average molecular weight is 352 g/mol. The fourth-order valence-electron chi connectivity index (χ4n) is 2.36. The van der Waals surface area contributed by atoms with Crippen molar-refractivity contribution >= 4 is 17.6 Å². The van der Waals surface area contributed by atoms with E-state index in [-0.39, 0.29) is 5.56 Å². The smallest absolute Gasteiger partial charge is 0.339 e. The number of nitrogens with zero attached hydrogens (tertiary/aromatic N) is 1. The predicted octanol–water partition coefficient (Wildman–Crippen LogP) is 2.51. The van der Waals surface area contributed by atoms with Crippen LogP contribution < -0.4 is 14.8 Å². The number of nitrogens with one attached hydrogen (secondary N) is 1. The van der Waals surface area contributed by atoms with Crippen molar-refractivity contribution in [2.24, 2.45) is 0 Å². The fraction of sp³-hybridized carbons (Fsp3) is 0.211. The second-order valence-corrected chi connectivity index (χ2v) is 5.59. The van der Waals surface area contributed by atoms with Crippen molar-refractivity contribution in [2.75, 3.05) is 18.5 Å². The van der Waals surface area contributed by atoms with E-state index in [1.54, 1.807) is 30.3 Å². The molecule has 0 saturated carbocycles. The molecule has 1 N–H and O–H groups in total. The predicted molar refractivity (Wildman–Crippen MR) is 92.1 cm³/mol. The molecule has 3 rings (SSSR count). The van der Waals surface area contributed by atoms with Gasteiger partial charge in [-0.15, -0.1) is 0 Å². The minimum Gasteiger partial charge on any atom is -0.486 e. The summed E-state index contributed by atoms with van der Waals surface area (Å²) in [5.74, 6) is -0.103. The van der Waals surface area contributed by atoms with Crippen molar-refractivity contribution in [3.63, 3.8) is 0 Å². The van der Waals surface area contributed by atoms with E-state index >= 15 is 0 Å². The lowest BCUT2D eigenvalue weighted by atomic mass is 10.2. The number of carbonyl (C=O) groups excluding carboxylic acids is 2. The lowest BCUT2D eigenvalue weighted by molar-refractivity contribution is -0.123. The molecular formula is C19H16N2O5. The van der Waals surface area contributed by atoms with Crippen LogP contribution in [0.5, 0.6) is 11.5 Å². The number of benzene rings is 2. The third-order valence-corrected chi connectivity index (χ3v) is 3.69. The first-order chi connectivity index (χ1) is 12.6. The molecule has 0 bridgehead atoms. The molecule has 1 amide bonds. The lowest BCUT2D eigenvalue weighted by Gasteiger charge is -2.19. The summed E-state index contributed by atoms with van der Waals surface area (Å²) in [6, 6.07) is 13.2.